The number of imide groups is 1. The number of hydrogen-bond donors (Lipinski definition) is 1. The van der Waals surface area contributed by atoms with Crippen molar-refractivity contribution in [3.8, 4) is 0 Å². The Balaban J connectivity index is 1.62. The van der Waals surface area contributed by atoms with Gasteiger partial charge >= 0.3 is 6.03 Å². The van der Waals surface area contributed by atoms with E-state index in [-0.39, 0.29) is 18.0 Å². The standard InChI is InChI=1S/C18H24N4O5S/c1-13-7-9-21(10-8-13)28(26,27)15-5-3-14(4-6-15)19-16(23)11-22-17(24)12-20(2)18(22)25/h3-6,13H,7-12H2,1-2H3,(H,19,23). The predicted molar refractivity (Wildman–Crippen MR) is 102 cm³/mol. The second-order valence-electron chi connectivity index (χ2n) is 7.28. The van der Waals surface area contributed by atoms with Crippen LogP contribution in [0, 0.1) is 5.92 Å². The summed E-state index contributed by atoms with van der Waals surface area (Å²) in [4.78, 5) is 37.9. The average Bonchev–Trinajstić information content (AvgIpc) is 2.88. The van der Waals surface area contributed by atoms with Gasteiger partial charge in [-0.15, -0.1) is 0 Å². The van der Waals surface area contributed by atoms with Gasteiger partial charge in [-0.1, -0.05) is 6.92 Å². The van der Waals surface area contributed by atoms with Gasteiger partial charge in [0.1, 0.15) is 13.1 Å². The molecule has 0 saturated carbocycles. The molecule has 2 aliphatic heterocycles. The van der Waals surface area contributed by atoms with Crippen LogP contribution in [0.15, 0.2) is 29.2 Å². The van der Waals surface area contributed by atoms with Crippen LogP contribution in [-0.2, 0) is 19.6 Å². The molecule has 1 aromatic rings. The Labute approximate surface area is 164 Å². The summed E-state index contributed by atoms with van der Waals surface area (Å²) in [5.74, 6) is -0.434. The third kappa shape index (κ3) is 4.17. The minimum Gasteiger partial charge on any atom is -0.325 e. The molecule has 0 aliphatic carbocycles. The number of hydrogen-bond acceptors (Lipinski definition) is 5. The van der Waals surface area contributed by atoms with E-state index in [2.05, 4.69) is 12.2 Å². The predicted octanol–water partition coefficient (Wildman–Crippen LogP) is 0.940. The summed E-state index contributed by atoms with van der Waals surface area (Å²) in [5, 5.41) is 2.58. The number of sulfonamides is 1. The number of likely N-dealkylation sites (N-methyl/N-ethyl adjacent to an activating group) is 1. The van der Waals surface area contributed by atoms with Crippen LogP contribution in [0.25, 0.3) is 0 Å². The summed E-state index contributed by atoms with van der Waals surface area (Å²) in [7, 11) is -2.07. The fourth-order valence-corrected chi connectivity index (χ4v) is 4.72. The molecule has 1 aromatic carbocycles. The molecule has 9 nitrogen and oxygen atoms in total. The quantitative estimate of drug-likeness (QED) is 0.730. The number of benzene rings is 1. The Kier molecular flexibility index (Phi) is 5.71. The molecule has 2 aliphatic rings. The lowest BCUT2D eigenvalue weighted by Crippen LogP contribution is -2.38. The van der Waals surface area contributed by atoms with Crippen molar-refractivity contribution in [2.45, 2.75) is 24.7 Å². The molecule has 28 heavy (non-hydrogen) atoms. The van der Waals surface area contributed by atoms with E-state index >= 15 is 0 Å². The third-order valence-electron chi connectivity index (χ3n) is 5.05. The summed E-state index contributed by atoms with van der Waals surface area (Å²) in [6, 6.07) is 5.37. The van der Waals surface area contributed by atoms with Crippen LogP contribution >= 0.6 is 0 Å². The van der Waals surface area contributed by atoms with Crippen molar-refractivity contribution in [1.29, 1.82) is 0 Å². The first-order valence-electron chi connectivity index (χ1n) is 9.14. The Morgan fingerprint density at radius 2 is 1.75 bits per heavy atom. The highest BCUT2D eigenvalue weighted by Crippen LogP contribution is 2.24. The smallest absolute Gasteiger partial charge is 0.325 e. The lowest BCUT2D eigenvalue weighted by atomic mass is 10.0. The van der Waals surface area contributed by atoms with E-state index in [0.717, 1.165) is 17.7 Å². The third-order valence-corrected chi connectivity index (χ3v) is 6.96. The maximum atomic E-state index is 12.7. The monoisotopic (exact) mass is 408 g/mol. The normalized spacial score (nSPS) is 19.4. The van der Waals surface area contributed by atoms with E-state index in [0.29, 0.717) is 24.7 Å². The Hall–Kier alpha value is -2.46. The van der Waals surface area contributed by atoms with E-state index in [4.69, 9.17) is 0 Å². The molecule has 0 atom stereocenters. The zero-order valence-corrected chi connectivity index (χ0v) is 16.7. The van der Waals surface area contributed by atoms with Crippen LogP contribution < -0.4 is 5.32 Å². The van der Waals surface area contributed by atoms with Gasteiger partial charge in [0.25, 0.3) is 5.91 Å². The van der Waals surface area contributed by atoms with Gasteiger partial charge in [-0.05, 0) is 43.0 Å². The molecule has 0 aromatic heterocycles. The first-order valence-corrected chi connectivity index (χ1v) is 10.6. The minimum atomic E-state index is -3.55. The maximum absolute atomic E-state index is 12.7. The molecule has 2 heterocycles. The number of anilines is 1. The summed E-state index contributed by atoms with van der Waals surface area (Å²) < 4.78 is 26.9. The molecule has 4 amide bonds. The molecule has 1 N–H and O–H groups in total. The summed E-state index contributed by atoms with van der Waals surface area (Å²) in [5.41, 5.74) is 0.392. The van der Waals surface area contributed by atoms with Crippen LogP contribution in [0.2, 0.25) is 0 Å². The molecule has 0 unspecified atom stereocenters. The van der Waals surface area contributed by atoms with Crippen molar-refractivity contribution in [1.82, 2.24) is 14.1 Å². The minimum absolute atomic E-state index is 0.0477. The van der Waals surface area contributed by atoms with E-state index in [9.17, 15) is 22.8 Å². The van der Waals surface area contributed by atoms with Gasteiger partial charge in [0.15, 0.2) is 0 Å². The largest absolute Gasteiger partial charge is 0.327 e. The fourth-order valence-electron chi connectivity index (χ4n) is 3.25. The summed E-state index contributed by atoms with van der Waals surface area (Å²) in [6.45, 7) is 2.70. The lowest BCUT2D eigenvalue weighted by molar-refractivity contribution is -0.129. The van der Waals surface area contributed by atoms with Gasteiger partial charge in [0.05, 0.1) is 4.90 Å². The van der Waals surface area contributed by atoms with E-state index < -0.39 is 27.9 Å². The van der Waals surface area contributed by atoms with Crippen molar-refractivity contribution in [2.75, 3.05) is 38.5 Å². The topological polar surface area (TPSA) is 107 Å². The number of nitrogens with zero attached hydrogens (tertiary/aromatic N) is 3. The number of carbonyl (C=O) groups is 3. The zero-order valence-electron chi connectivity index (χ0n) is 15.9. The maximum Gasteiger partial charge on any atom is 0.327 e. The Bertz CT molecular complexity index is 876. The summed E-state index contributed by atoms with van der Waals surface area (Å²) in [6.07, 6.45) is 1.69. The van der Waals surface area contributed by atoms with Crippen LogP contribution in [0.4, 0.5) is 10.5 Å². The number of nitrogens with one attached hydrogen (secondary N) is 1. The van der Waals surface area contributed by atoms with Gasteiger partial charge in [-0.3, -0.25) is 14.5 Å². The molecule has 0 bridgehead atoms. The zero-order chi connectivity index (χ0) is 20.5. The molecule has 10 heteroatoms. The van der Waals surface area contributed by atoms with Crippen molar-refractivity contribution in [3.05, 3.63) is 24.3 Å². The van der Waals surface area contributed by atoms with Crippen molar-refractivity contribution in [3.63, 3.8) is 0 Å². The van der Waals surface area contributed by atoms with Crippen molar-refractivity contribution < 1.29 is 22.8 Å². The van der Waals surface area contributed by atoms with E-state index in [1.165, 1.54) is 40.5 Å². The number of amides is 4. The highest BCUT2D eigenvalue weighted by atomic mass is 32.2. The highest BCUT2D eigenvalue weighted by molar-refractivity contribution is 7.89. The van der Waals surface area contributed by atoms with Crippen LogP contribution in [0.1, 0.15) is 19.8 Å². The van der Waals surface area contributed by atoms with Crippen LogP contribution in [0.5, 0.6) is 0 Å². The molecular formula is C18H24N4O5S. The lowest BCUT2D eigenvalue weighted by Gasteiger charge is -2.29. The Morgan fingerprint density at radius 3 is 2.29 bits per heavy atom. The summed E-state index contributed by atoms with van der Waals surface area (Å²) >= 11 is 0. The molecule has 2 fully saturated rings. The second-order valence-corrected chi connectivity index (χ2v) is 9.22. The van der Waals surface area contributed by atoms with Crippen molar-refractivity contribution >= 4 is 33.6 Å². The number of urea groups is 1. The van der Waals surface area contributed by atoms with E-state index in [1.54, 1.807) is 0 Å². The van der Waals surface area contributed by atoms with Crippen LogP contribution in [-0.4, -0.2) is 73.6 Å². The number of piperidine rings is 1. The van der Waals surface area contributed by atoms with Crippen molar-refractivity contribution in [2.24, 2.45) is 5.92 Å². The molecule has 2 saturated heterocycles. The average molecular weight is 408 g/mol. The van der Waals surface area contributed by atoms with Gasteiger partial charge in [-0.25, -0.2) is 13.2 Å². The van der Waals surface area contributed by atoms with Gasteiger partial charge in [0, 0.05) is 25.8 Å². The fraction of sp³-hybridized carbons (Fsp3) is 0.500. The second kappa shape index (κ2) is 7.88. The van der Waals surface area contributed by atoms with Crippen LogP contribution in [0.3, 0.4) is 0 Å². The SMILES string of the molecule is CC1CCN(S(=O)(=O)c2ccc(NC(=O)CN3C(=O)CN(C)C3=O)cc2)CC1. The molecule has 152 valence electrons. The molecule has 0 radical (unpaired) electrons. The van der Waals surface area contributed by atoms with Gasteiger partial charge < -0.3 is 10.2 Å². The first-order chi connectivity index (χ1) is 13.2. The first kappa shape index (κ1) is 20.3. The molecule has 0 spiro atoms. The molecular weight excluding hydrogens is 384 g/mol. The van der Waals surface area contributed by atoms with Gasteiger partial charge in [-0.2, -0.15) is 4.31 Å². The van der Waals surface area contributed by atoms with Gasteiger partial charge in [0.2, 0.25) is 15.9 Å². The highest BCUT2D eigenvalue weighted by Gasteiger charge is 2.34. The van der Waals surface area contributed by atoms with E-state index in [1.807, 2.05) is 0 Å². The molecule has 3 rings (SSSR count). The number of rotatable bonds is 5. The number of carbonyl (C=O) groups excluding carboxylic acids is 3. The Morgan fingerprint density at radius 1 is 1.14 bits per heavy atom.